The van der Waals surface area contributed by atoms with Gasteiger partial charge in [-0.1, -0.05) is 0 Å². The van der Waals surface area contributed by atoms with Crippen molar-refractivity contribution >= 4 is 11.4 Å². The molecule has 19 heavy (non-hydrogen) atoms. The van der Waals surface area contributed by atoms with Gasteiger partial charge in [0.2, 0.25) is 0 Å². The van der Waals surface area contributed by atoms with E-state index in [1.807, 2.05) is 6.07 Å². The quantitative estimate of drug-likeness (QED) is 0.607. The first kappa shape index (κ1) is 13.8. The maximum absolute atomic E-state index is 10.7. The molecule has 0 radical (unpaired) electrons. The lowest BCUT2D eigenvalue weighted by Crippen LogP contribution is -2.17. The van der Waals surface area contributed by atoms with Crippen LogP contribution in [-0.4, -0.2) is 25.2 Å². The van der Waals surface area contributed by atoms with Gasteiger partial charge >= 0.3 is 0 Å². The molecule has 1 fully saturated rings. The highest BCUT2D eigenvalue weighted by Crippen LogP contribution is 2.48. The predicted molar refractivity (Wildman–Crippen MR) is 74.5 cm³/mol. The minimum Gasteiger partial charge on any atom is -0.385 e. The maximum Gasteiger partial charge on any atom is 0.272 e. The molecule has 1 aromatic rings. The van der Waals surface area contributed by atoms with E-state index >= 15 is 0 Å². The first-order valence-electron chi connectivity index (χ1n) is 6.54. The zero-order chi connectivity index (χ0) is 13.9. The third-order valence-corrected chi connectivity index (χ3v) is 3.85. The average Bonchev–Trinajstić information content (AvgIpc) is 3.14. The topological polar surface area (TPSA) is 64.4 Å². The van der Waals surface area contributed by atoms with Crippen LogP contribution >= 0.6 is 0 Å². The molecule has 104 valence electrons. The number of ether oxygens (including phenoxy) is 1. The Morgan fingerprint density at radius 1 is 1.47 bits per heavy atom. The lowest BCUT2D eigenvalue weighted by atomic mass is 10.0. The van der Waals surface area contributed by atoms with Crippen molar-refractivity contribution in [2.45, 2.75) is 26.2 Å². The zero-order valence-electron chi connectivity index (χ0n) is 11.4. The molecular weight excluding hydrogens is 244 g/mol. The summed E-state index contributed by atoms with van der Waals surface area (Å²) in [5, 5.41) is 14.1. The average molecular weight is 264 g/mol. The van der Waals surface area contributed by atoms with Crippen molar-refractivity contribution in [1.82, 2.24) is 0 Å². The molecule has 1 saturated carbocycles. The van der Waals surface area contributed by atoms with Gasteiger partial charge in [-0.15, -0.1) is 0 Å². The molecule has 1 aliphatic rings. The van der Waals surface area contributed by atoms with Crippen molar-refractivity contribution in [2.75, 3.05) is 25.6 Å². The number of aryl methyl sites for hydroxylation is 1. The Morgan fingerprint density at radius 2 is 2.21 bits per heavy atom. The summed E-state index contributed by atoms with van der Waals surface area (Å²) in [4.78, 5) is 10.4. The van der Waals surface area contributed by atoms with Gasteiger partial charge in [-0.05, 0) is 43.7 Å². The van der Waals surface area contributed by atoms with Crippen molar-refractivity contribution in [1.29, 1.82) is 0 Å². The van der Waals surface area contributed by atoms with E-state index in [-0.39, 0.29) is 10.6 Å². The highest BCUT2D eigenvalue weighted by Gasteiger charge is 2.41. The Hall–Kier alpha value is -1.62. The van der Waals surface area contributed by atoms with Crippen LogP contribution in [0.5, 0.6) is 0 Å². The molecule has 0 heterocycles. The van der Waals surface area contributed by atoms with Crippen LogP contribution in [0.4, 0.5) is 11.4 Å². The number of nitro groups is 1. The zero-order valence-corrected chi connectivity index (χ0v) is 11.4. The number of nitrogens with zero attached hydrogens (tertiary/aromatic N) is 1. The third kappa shape index (κ3) is 3.44. The number of nitro benzene ring substituents is 1. The van der Waals surface area contributed by atoms with Crippen LogP contribution < -0.4 is 5.32 Å². The summed E-state index contributed by atoms with van der Waals surface area (Å²) in [6, 6.07) is 5.18. The minimum absolute atomic E-state index is 0.172. The summed E-state index contributed by atoms with van der Waals surface area (Å²) in [7, 11) is 1.73. The summed E-state index contributed by atoms with van der Waals surface area (Å²) in [5.74, 6) is 0. The standard InChI is InChI=1S/C14H20N2O3/c1-11-9-12(3-4-13(11)16(17)18)15-10-14(5-6-14)7-8-19-2/h3-4,9,15H,5-8,10H2,1-2H3. The lowest BCUT2D eigenvalue weighted by molar-refractivity contribution is -0.385. The van der Waals surface area contributed by atoms with Crippen LogP contribution in [-0.2, 0) is 4.74 Å². The van der Waals surface area contributed by atoms with Crippen molar-refractivity contribution in [2.24, 2.45) is 5.41 Å². The van der Waals surface area contributed by atoms with Crippen LogP contribution in [0.3, 0.4) is 0 Å². The molecule has 1 aliphatic carbocycles. The van der Waals surface area contributed by atoms with E-state index in [9.17, 15) is 10.1 Å². The number of hydrogen-bond donors (Lipinski definition) is 1. The van der Waals surface area contributed by atoms with Crippen molar-refractivity contribution in [3.63, 3.8) is 0 Å². The fourth-order valence-electron chi connectivity index (χ4n) is 2.27. The van der Waals surface area contributed by atoms with E-state index in [1.54, 1.807) is 26.2 Å². The van der Waals surface area contributed by atoms with Crippen molar-refractivity contribution < 1.29 is 9.66 Å². The van der Waals surface area contributed by atoms with E-state index in [0.29, 0.717) is 11.0 Å². The molecule has 5 nitrogen and oxygen atoms in total. The second-order valence-corrected chi connectivity index (χ2v) is 5.35. The Morgan fingerprint density at radius 3 is 2.74 bits per heavy atom. The molecule has 0 aliphatic heterocycles. The van der Waals surface area contributed by atoms with Gasteiger partial charge in [0.25, 0.3) is 5.69 Å². The van der Waals surface area contributed by atoms with Crippen LogP contribution in [0.2, 0.25) is 0 Å². The van der Waals surface area contributed by atoms with E-state index < -0.39 is 0 Å². The summed E-state index contributed by atoms with van der Waals surface area (Å²) >= 11 is 0. The van der Waals surface area contributed by atoms with Crippen LogP contribution in [0.25, 0.3) is 0 Å². The number of anilines is 1. The van der Waals surface area contributed by atoms with Gasteiger partial charge in [0, 0.05) is 37.6 Å². The second kappa shape index (κ2) is 5.57. The van der Waals surface area contributed by atoms with Crippen molar-refractivity contribution in [3.8, 4) is 0 Å². The van der Waals surface area contributed by atoms with Gasteiger partial charge in [0.15, 0.2) is 0 Å². The largest absolute Gasteiger partial charge is 0.385 e. The molecule has 0 atom stereocenters. The molecule has 5 heteroatoms. The number of benzene rings is 1. The first-order valence-corrected chi connectivity index (χ1v) is 6.54. The smallest absolute Gasteiger partial charge is 0.272 e. The first-order chi connectivity index (χ1) is 9.06. The number of methoxy groups -OCH3 is 1. The molecule has 0 bridgehead atoms. The van der Waals surface area contributed by atoms with Gasteiger partial charge in [-0.3, -0.25) is 10.1 Å². The Kier molecular flexibility index (Phi) is 4.04. The summed E-state index contributed by atoms with van der Waals surface area (Å²) < 4.78 is 5.13. The summed E-state index contributed by atoms with van der Waals surface area (Å²) in [5.41, 5.74) is 2.18. The monoisotopic (exact) mass is 264 g/mol. The molecule has 0 spiro atoms. The van der Waals surface area contributed by atoms with Gasteiger partial charge in [0.1, 0.15) is 0 Å². The highest BCUT2D eigenvalue weighted by atomic mass is 16.6. The maximum atomic E-state index is 10.7. The normalized spacial score (nSPS) is 16.1. The molecule has 0 amide bonds. The summed E-state index contributed by atoms with van der Waals surface area (Å²) in [6.07, 6.45) is 3.53. The number of rotatable bonds is 7. The Bertz CT molecular complexity index is 470. The lowest BCUT2D eigenvalue weighted by Gasteiger charge is -2.16. The molecule has 0 unspecified atom stereocenters. The van der Waals surface area contributed by atoms with Gasteiger partial charge in [0.05, 0.1) is 4.92 Å². The van der Waals surface area contributed by atoms with Crippen molar-refractivity contribution in [3.05, 3.63) is 33.9 Å². The third-order valence-electron chi connectivity index (χ3n) is 3.85. The van der Waals surface area contributed by atoms with Gasteiger partial charge < -0.3 is 10.1 Å². The SMILES string of the molecule is COCCC1(CNc2ccc([N+](=O)[O-])c(C)c2)CC1. The molecule has 2 rings (SSSR count). The molecule has 1 N–H and O–H groups in total. The number of hydrogen-bond acceptors (Lipinski definition) is 4. The Balaban J connectivity index is 1.93. The minimum atomic E-state index is -0.347. The fraction of sp³-hybridized carbons (Fsp3) is 0.571. The highest BCUT2D eigenvalue weighted by molar-refractivity contribution is 5.53. The second-order valence-electron chi connectivity index (χ2n) is 5.35. The van der Waals surface area contributed by atoms with E-state index in [1.165, 1.54) is 12.8 Å². The summed E-state index contributed by atoms with van der Waals surface area (Å²) in [6.45, 7) is 3.47. The molecule has 0 aromatic heterocycles. The van der Waals surface area contributed by atoms with Gasteiger partial charge in [-0.25, -0.2) is 0 Å². The predicted octanol–water partition coefficient (Wildman–Crippen LogP) is 3.13. The van der Waals surface area contributed by atoms with Crippen LogP contribution in [0.15, 0.2) is 18.2 Å². The van der Waals surface area contributed by atoms with E-state index in [0.717, 1.165) is 25.3 Å². The van der Waals surface area contributed by atoms with Crippen LogP contribution in [0.1, 0.15) is 24.8 Å². The molecular formula is C14H20N2O3. The van der Waals surface area contributed by atoms with Gasteiger partial charge in [-0.2, -0.15) is 0 Å². The van der Waals surface area contributed by atoms with Crippen LogP contribution in [0, 0.1) is 22.5 Å². The molecule has 1 aromatic carbocycles. The fourth-order valence-corrected chi connectivity index (χ4v) is 2.27. The number of nitrogens with one attached hydrogen (secondary N) is 1. The van der Waals surface area contributed by atoms with E-state index in [4.69, 9.17) is 4.74 Å². The Labute approximate surface area is 113 Å². The molecule has 0 saturated heterocycles. The van der Waals surface area contributed by atoms with E-state index in [2.05, 4.69) is 5.32 Å².